The van der Waals surface area contributed by atoms with Gasteiger partial charge >= 0.3 is 0 Å². The molecule has 0 fully saturated rings. The van der Waals surface area contributed by atoms with E-state index in [0.29, 0.717) is 10.9 Å². The van der Waals surface area contributed by atoms with Gasteiger partial charge in [0.15, 0.2) is 0 Å². The summed E-state index contributed by atoms with van der Waals surface area (Å²) in [6.07, 6.45) is -0.615. The molecule has 0 bridgehead atoms. The predicted octanol–water partition coefficient (Wildman–Crippen LogP) is 2.74. The Morgan fingerprint density at radius 3 is 2.73 bits per heavy atom. The fraction of sp³-hybridized carbons (Fsp3) is 0.250. The molecule has 15 heavy (non-hydrogen) atoms. The number of nitrogens with zero attached hydrogens (tertiary/aromatic N) is 1. The minimum Gasteiger partial charge on any atom is -0.389 e. The Kier molecular flexibility index (Phi) is 2.40. The van der Waals surface area contributed by atoms with Crippen LogP contribution in [0.3, 0.4) is 0 Å². The summed E-state index contributed by atoms with van der Waals surface area (Å²) in [5, 5.41) is 10.3. The summed E-state index contributed by atoms with van der Waals surface area (Å²) in [6.45, 7) is 3.52. The van der Waals surface area contributed by atoms with Gasteiger partial charge in [0.1, 0.15) is 5.82 Å². The second-order valence-corrected chi connectivity index (χ2v) is 3.69. The molecule has 1 atom stereocenters. The number of hydrogen-bond donors (Lipinski definition) is 1. The van der Waals surface area contributed by atoms with Crippen molar-refractivity contribution < 1.29 is 9.50 Å². The molecule has 1 aromatic carbocycles. The molecule has 1 aromatic heterocycles. The SMILES string of the molecule is Cc1cc(C(C)O)c2cc(F)ccc2n1. The van der Waals surface area contributed by atoms with Gasteiger partial charge in [0, 0.05) is 11.1 Å². The van der Waals surface area contributed by atoms with Crippen LogP contribution >= 0.6 is 0 Å². The number of fused-ring (bicyclic) bond motifs is 1. The largest absolute Gasteiger partial charge is 0.389 e. The van der Waals surface area contributed by atoms with Gasteiger partial charge in [0.2, 0.25) is 0 Å². The lowest BCUT2D eigenvalue weighted by Crippen LogP contribution is -1.96. The quantitative estimate of drug-likeness (QED) is 0.776. The second-order valence-electron chi connectivity index (χ2n) is 3.69. The molecule has 0 amide bonds. The third-order valence-corrected chi connectivity index (χ3v) is 2.38. The summed E-state index contributed by atoms with van der Waals surface area (Å²) >= 11 is 0. The van der Waals surface area contributed by atoms with Gasteiger partial charge in [-0.25, -0.2) is 4.39 Å². The van der Waals surface area contributed by atoms with Gasteiger partial charge in [-0.3, -0.25) is 4.98 Å². The minimum atomic E-state index is -0.615. The Hall–Kier alpha value is -1.48. The molecule has 78 valence electrons. The fourth-order valence-electron chi connectivity index (χ4n) is 1.71. The van der Waals surface area contributed by atoms with Crippen LogP contribution in [0, 0.1) is 12.7 Å². The topological polar surface area (TPSA) is 33.1 Å². The first-order chi connectivity index (χ1) is 7.08. The van der Waals surface area contributed by atoms with E-state index in [0.717, 1.165) is 11.3 Å². The Morgan fingerprint density at radius 1 is 1.33 bits per heavy atom. The molecule has 3 heteroatoms. The van der Waals surface area contributed by atoms with Crippen molar-refractivity contribution in [2.75, 3.05) is 0 Å². The molecule has 0 aliphatic heterocycles. The van der Waals surface area contributed by atoms with Crippen LogP contribution in [0.4, 0.5) is 4.39 Å². The van der Waals surface area contributed by atoms with Crippen LogP contribution in [-0.2, 0) is 0 Å². The van der Waals surface area contributed by atoms with E-state index in [1.165, 1.54) is 12.1 Å². The number of aryl methyl sites for hydroxylation is 1. The molecule has 1 heterocycles. The maximum Gasteiger partial charge on any atom is 0.123 e. The third kappa shape index (κ3) is 1.83. The van der Waals surface area contributed by atoms with Crippen molar-refractivity contribution in [1.29, 1.82) is 0 Å². The first-order valence-electron chi connectivity index (χ1n) is 4.83. The highest BCUT2D eigenvalue weighted by atomic mass is 19.1. The van der Waals surface area contributed by atoms with Gasteiger partial charge < -0.3 is 5.11 Å². The minimum absolute atomic E-state index is 0.310. The Balaban J connectivity index is 2.81. The summed E-state index contributed by atoms with van der Waals surface area (Å²) in [6, 6.07) is 6.19. The highest BCUT2D eigenvalue weighted by Gasteiger charge is 2.09. The molecule has 0 aliphatic rings. The summed E-state index contributed by atoms with van der Waals surface area (Å²) in [4.78, 5) is 4.28. The zero-order chi connectivity index (χ0) is 11.0. The lowest BCUT2D eigenvalue weighted by Gasteiger charge is -2.10. The number of benzene rings is 1. The second kappa shape index (κ2) is 3.59. The summed E-state index contributed by atoms with van der Waals surface area (Å²) in [7, 11) is 0. The molecule has 1 N–H and O–H groups in total. The smallest absolute Gasteiger partial charge is 0.123 e. The molecule has 0 saturated carbocycles. The van der Waals surface area contributed by atoms with Crippen LogP contribution < -0.4 is 0 Å². The van der Waals surface area contributed by atoms with Gasteiger partial charge in [-0.15, -0.1) is 0 Å². The number of aromatic nitrogens is 1. The number of hydrogen-bond acceptors (Lipinski definition) is 2. The molecule has 0 spiro atoms. The Morgan fingerprint density at radius 2 is 2.07 bits per heavy atom. The van der Waals surface area contributed by atoms with Crippen LogP contribution in [0.15, 0.2) is 24.3 Å². The number of aliphatic hydroxyl groups excluding tert-OH is 1. The van der Waals surface area contributed by atoms with Crippen molar-refractivity contribution in [1.82, 2.24) is 4.98 Å². The number of aliphatic hydroxyl groups is 1. The average molecular weight is 205 g/mol. The number of pyridine rings is 1. The van der Waals surface area contributed by atoms with E-state index in [1.54, 1.807) is 19.1 Å². The van der Waals surface area contributed by atoms with Crippen LogP contribution in [0.2, 0.25) is 0 Å². The van der Waals surface area contributed by atoms with Crippen molar-refractivity contribution in [2.45, 2.75) is 20.0 Å². The standard InChI is InChI=1S/C12H12FNO/c1-7-5-10(8(2)15)11-6-9(13)3-4-12(11)14-7/h3-6,8,15H,1-2H3. The Bertz CT molecular complexity index is 508. The van der Waals surface area contributed by atoms with E-state index in [2.05, 4.69) is 4.98 Å². The van der Waals surface area contributed by atoms with Gasteiger partial charge in [0.25, 0.3) is 0 Å². The van der Waals surface area contributed by atoms with E-state index in [1.807, 2.05) is 6.92 Å². The van der Waals surface area contributed by atoms with Gasteiger partial charge in [0.05, 0.1) is 11.6 Å². The van der Waals surface area contributed by atoms with Crippen molar-refractivity contribution in [2.24, 2.45) is 0 Å². The van der Waals surface area contributed by atoms with E-state index in [9.17, 15) is 9.50 Å². The summed E-state index contributed by atoms with van der Waals surface area (Å²) in [5.41, 5.74) is 2.26. The predicted molar refractivity (Wildman–Crippen MR) is 57.1 cm³/mol. The molecule has 1 unspecified atom stereocenters. The highest BCUT2D eigenvalue weighted by molar-refractivity contribution is 5.82. The lowest BCUT2D eigenvalue weighted by molar-refractivity contribution is 0.200. The lowest BCUT2D eigenvalue weighted by atomic mass is 10.0. The van der Waals surface area contributed by atoms with Crippen LogP contribution in [-0.4, -0.2) is 10.1 Å². The maximum atomic E-state index is 13.1. The molecule has 2 rings (SSSR count). The van der Waals surface area contributed by atoms with Crippen LogP contribution in [0.1, 0.15) is 24.3 Å². The maximum absolute atomic E-state index is 13.1. The monoisotopic (exact) mass is 205 g/mol. The summed E-state index contributed by atoms with van der Waals surface area (Å²) in [5.74, 6) is -0.310. The first kappa shape index (κ1) is 10.1. The van der Waals surface area contributed by atoms with Crippen molar-refractivity contribution in [3.63, 3.8) is 0 Å². The van der Waals surface area contributed by atoms with E-state index < -0.39 is 6.10 Å². The zero-order valence-corrected chi connectivity index (χ0v) is 8.66. The third-order valence-electron chi connectivity index (χ3n) is 2.38. The van der Waals surface area contributed by atoms with Crippen LogP contribution in [0.25, 0.3) is 10.9 Å². The molecule has 2 aromatic rings. The Labute approximate surface area is 87.4 Å². The van der Waals surface area contributed by atoms with Crippen LogP contribution in [0.5, 0.6) is 0 Å². The van der Waals surface area contributed by atoms with E-state index >= 15 is 0 Å². The fourth-order valence-corrected chi connectivity index (χ4v) is 1.71. The van der Waals surface area contributed by atoms with Crippen molar-refractivity contribution in [3.05, 3.63) is 41.3 Å². The molecule has 0 saturated heterocycles. The number of rotatable bonds is 1. The molecule has 2 nitrogen and oxygen atoms in total. The normalized spacial score (nSPS) is 13.1. The van der Waals surface area contributed by atoms with E-state index in [4.69, 9.17) is 0 Å². The highest BCUT2D eigenvalue weighted by Crippen LogP contribution is 2.24. The molecular formula is C12H12FNO. The van der Waals surface area contributed by atoms with Gasteiger partial charge in [-0.05, 0) is 43.7 Å². The van der Waals surface area contributed by atoms with Crippen molar-refractivity contribution in [3.8, 4) is 0 Å². The summed E-state index contributed by atoms with van der Waals surface area (Å²) < 4.78 is 13.1. The van der Waals surface area contributed by atoms with Gasteiger partial charge in [-0.1, -0.05) is 0 Å². The molecular weight excluding hydrogens is 193 g/mol. The molecule has 0 radical (unpaired) electrons. The number of halogens is 1. The average Bonchev–Trinajstić information content (AvgIpc) is 2.17. The molecule has 0 aliphatic carbocycles. The van der Waals surface area contributed by atoms with Crippen molar-refractivity contribution >= 4 is 10.9 Å². The zero-order valence-electron chi connectivity index (χ0n) is 8.66. The van der Waals surface area contributed by atoms with E-state index in [-0.39, 0.29) is 5.82 Å². The van der Waals surface area contributed by atoms with Gasteiger partial charge in [-0.2, -0.15) is 0 Å². The first-order valence-corrected chi connectivity index (χ1v) is 4.83.